The van der Waals surface area contributed by atoms with Crippen LogP contribution in [-0.2, 0) is 33.1 Å². The molecule has 0 saturated heterocycles. The van der Waals surface area contributed by atoms with Crippen LogP contribution in [0.5, 0.6) is 0 Å². The van der Waals surface area contributed by atoms with E-state index in [0.29, 0.717) is 0 Å². The predicted molar refractivity (Wildman–Crippen MR) is 239 cm³/mol. The summed E-state index contributed by atoms with van der Waals surface area (Å²) >= 11 is 0. The third-order valence-electron chi connectivity index (χ3n) is 11.0. The fraction of sp³-hybridized carbons (Fsp3) is 0.583. The standard InChI is InChI=1S/2C24H36O3S.Ca/c2*1-2-3-4-5-6-7-8-9-10-11-12-13-14-21-15-16-22-17-18-24(28(25,26)27)20-23(22)19-21;/h2*15-20H,2-14H2,1H3,(H,25,26,27);/q;;+2/p-2. The third-order valence-corrected chi connectivity index (χ3v) is 12.6. The first-order valence-corrected chi connectivity index (χ1v) is 24.8. The normalized spacial score (nSPS) is 11.7. The number of rotatable bonds is 28. The smallest absolute Gasteiger partial charge is 0.744 e. The summed E-state index contributed by atoms with van der Waals surface area (Å²) in [5, 5.41) is 3.58. The summed E-state index contributed by atoms with van der Waals surface area (Å²) in [7, 11) is -8.79. The van der Waals surface area contributed by atoms with E-state index < -0.39 is 20.2 Å². The molecule has 0 spiro atoms. The summed E-state index contributed by atoms with van der Waals surface area (Å²) < 4.78 is 67.2. The van der Waals surface area contributed by atoms with E-state index in [9.17, 15) is 25.9 Å². The topological polar surface area (TPSA) is 114 Å². The van der Waals surface area contributed by atoms with Gasteiger partial charge < -0.3 is 9.11 Å². The summed E-state index contributed by atoms with van der Waals surface area (Å²) in [4.78, 5) is -0.301. The van der Waals surface area contributed by atoms with Gasteiger partial charge in [0, 0.05) is 0 Å². The van der Waals surface area contributed by atoms with E-state index >= 15 is 0 Å². The van der Waals surface area contributed by atoms with Crippen LogP contribution in [0.4, 0.5) is 0 Å². The van der Waals surface area contributed by atoms with Crippen LogP contribution in [0, 0.1) is 0 Å². The molecular formula is C48H70CaO6S2. The summed E-state index contributed by atoms with van der Waals surface area (Å²) in [5.41, 5.74) is 2.42. The van der Waals surface area contributed by atoms with Crippen molar-refractivity contribution in [2.75, 3.05) is 0 Å². The van der Waals surface area contributed by atoms with Gasteiger partial charge in [0.15, 0.2) is 0 Å². The average molecular weight is 847 g/mol. The van der Waals surface area contributed by atoms with Crippen molar-refractivity contribution < 1.29 is 25.9 Å². The quantitative estimate of drug-likeness (QED) is 0.0319. The van der Waals surface area contributed by atoms with Crippen molar-refractivity contribution in [1.82, 2.24) is 0 Å². The molecule has 0 heterocycles. The van der Waals surface area contributed by atoms with Crippen LogP contribution < -0.4 is 0 Å². The number of hydrogen-bond acceptors (Lipinski definition) is 6. The van der Waals surface area contributed by atoms with E-state index in [1.165, 1.54) is 177 Å². The van der Waals surface area contributed by atoms with Crippen molar-refractivity contribution in [3.05, 3.63) is 83.9 Å². The van der Waals surface area contributed by atoms with Crippen LogP contribution >= 0.6 is 0 Å². The first-order valence-electron chi connectivity index (χ1n) is 22.0. The van der Waals surface area contributed by atoms with E-state index in [0.717, 1.165) is 47.2 Å². The largest absolute Gasteiger partial charge is 2.00 e. The second-order valence-corrected chi connectivity index (χ2v) is 18.6. The zero-order valence-electron chi connectivity index (χ0n) is 35.3. The van der Waals surface area contributed by atoms with Gasteiger partial charge in [-0.05, 0) is 82.6 Å². The van der Waals surface area contributed by atoms with Gasteiger partial charge in [-0.2, -0.15) is 0 Å². The Bertz CT molecular complexity index is 1770. The molecule has 9 heteroatoms. The van der Waals surface area contributed by atoms with Gasteiger partial charge in [0.1, 0.15) is 20.2 Å². The second kappa shape index (κ2) is 29.7. The van der Waals surface area contributed by atoms with Crippen LogP contribution in [0.15, 0.2) is 82.6 Å². The monoisotopic (exact) mass is 846 g/mol. The maximum Gasteiger partial charge on any atom is 2.00 e. The first-order chi connectivity index (χ1) is 27.0. The molecule has 4 aromatic rings. The van der Waals surface area contributed by atoms with Gasteiger partial charge >= 0.3 is 37.7 Å². The number of aryl methyl sites for hydroxylation is 2. The summed E-state index contributed by atoms with van der Waals surface area (Å²) in [6.45, 7) is 4.52. The number of hydrogen-bond donors (Lipinski definition) is 0. The van der Waals surface area contributed by atoms with Crippen molar-refractivity contribution in [1.29, 1.82) is 0 Å². The molecular weight excluding hydrogens is 777 g/mol. The van der Waals surface area contributed by atoms with Crippen LogP contribution in [0.2, 0.25) is 0 Å². The van der Waals surface area contributed by atoms with Gasteiger partial charge in [0.05, 0.1) is 9.79 Å². The fourth-order valence-corrected chi connectivity index (χ4v) is 8.52. The first kappa shape index (κ1) is 51.6. The van der Waals surface area contributed by atoms with Gasteiger partial charge in [-0.3, -0.25) is 0 Å². The van der Waals surface area contributed by atoms with Gasteiger partial charge in [-0.15, -0.1) is 0 Å². The number of fused-ring (bicyclic) bond motifs is 2. The molecule has 0 bridgehead atoms. The molecule has 0 aliphatic heterocycles. The average Bonchev–Trinajstić information content (AvgIpc) is 3.17. The van der Waals surface area contributed by atoms with Crippen LogP contribution in [-0.4, -0.2) is 63.7 Å². The zero-order valence-corrected chi connectivity index (χ0v) is 39.1. The fourth-order valence-electron chi connectivity index (χ4n) is 7.51. The molecule has 0 radical (unpaired) electrons. The van der Waals surface area contributed by atoms with Crippen molar-refractivity contribution in [3.63, 3.8) is 0 Å². The second-order valence-electron chi connectivity index (χ2n) is 15.9. The Morgan fingerprint density at radius 2 is 0.614 bits per heavy atom. The maximum atomic E-state index is 11.2. The zero-order chi connectivity index (χ0) is 40.5. The van der Waals surface area contributed by atoms with Crippen molar-refractivity contribution in [2.24, 2.45) is 0 Å². The van der Waals surface area contributed by atoms with E-state index in [1.807, 2.05) is 24.3 Å². The Balaban J connectivity index is 0.000000387. The van der Waals surface area contributed by atoms with Crippen molar-refractivity contribution >= 4 is 79.5 Å². The van der Waals surface area contributed by atoms with Crippen molar-refractivity contribution in [2.45, 2.75) is 191 Å². The van der Waals surface area contributed by atoms with Crippen molar-refractivity contribution in [3.8, 4) is 0 Å². The minimum absolute atomic E-state index is 0. The van der Waals surface area contributed by atoms with Gasteiger partial charge in [0.2, 0.25) is 0 Å². The summed E-state index contributed by atoms with van der Waals surface area (Å²) in [6.07, 6.45) is 34.1. The van der Waals surface area contributed by atoms with Gasteiger partial charge in [-0.25, -0.2) is 16.8 Å². The Labute approximate surface area is 376 Å². The molecule has 312 valence electrons. The molecule has 4 rings (SSSR count). The molecule has 0 fully saturated rings. The number of unbranched alkanes of at least 4 members (excludes halogenated alkanes) is 22. The molecule has 0 unspecified atom stereocenters. The van der Waals surface area contributed by atoms with Crippen LogP contribution in [0.1, 0.15) is 179 Å². The minimum Gasteiger partial charge on any atom is -0.744 e. The molecule has 0 aliphatic carbocycles. The van der Waals surface area contributed by atoms with Gasteiger partial charge in [-0.1, -0.05) is 204 Å². The Kier molecular flexibility index (Phi) is 26.9. The van der Waals surface area contributed by atoms with Crippen LogP contribution in [0.25, 0.3) is 21.5 Å². The molecule has 0 saturated carbocycles. The number of benzene rings is 4. The SMILES string of the molecule is CCCCCCCCCCCCCCc1ccc2ccc(S(=O)(=O)[O-])cc2c1.CCCCCCCCCCCCCCc1ccc2ccc(S(=O)(=O)[O-])cc2c1.[Ca+2]. The summed E-state index contributed by atoms with van der Waals surface area (Å²) in [6, 6.07) is 21.4. The molecule has 0 N–H and O–H groups in total. The minimum atomic E-state index is -4.40. The van der Waals surface area contributed by atoms with E-state index in [1.54, 1.807) is 12.1 Å². The summed E-state index contributed by atoms with van der Waals surface area (Å²) in [5.74, 6) is 0. The Morgan fingerprint density at radius 1 is 0.351 bits per heavy atom. The van der Waals surface area contributed by atoms with Gasteiger partial charge in [0.25, 0.3) is 0 Å². The van der Waals surface area contributed by atoms with E-state index in [2.05, 4.69) is 26.0 Å². The molecule has 4 aromatic carbocycles. The molecule has 0 atom stereocenters. The molecule has 6 nitrogen and oxygen atoms in total. The third kappa shape index (κ3) is 22.1. The van der Waals surface area contributed by atoms with E-state index in [-0.39, 0.29) is 47.5 Å². The van der Waals surface area contributed by atoms with E-state index in [4.69, 9.17) is 0 Å². The molecule has 0 aromatic heterocycles. The predicted octanol–water partition coefficient (Wildman–Crippen LogP) is 13.6. The molecule has 0 aliphatic rings. The molecule has 57 heavy (non-hydrogen) atoms. The molecule has 0 amide bonds. The Morgan fingerprint density at radius 3 is 0.895 bits per heavy atom. The Hall–Kier alpha value is -1.52. The van der Waals surface area contributed by atoms with Crippen LogP contribution in [0.3, 0.4) is 0 Å². The maximum absolute atomic E-state index is 11.2.